The molecule has 0 radical (unpaired) electrons. The highest BCUT2D eigenvalue weighted by Gasteiger charge is 2.30. The maximum absolute atomic E-state index is 4.59. The van der Waals surface area contributed by atoms with E-state index in [1.807, 2.05) is 6.20 Å². The quantitative estimate of drug-likeness (QED) is 0.760. The van der Waals surface area contributed by atoms with E-state index < -0.39 is 0 Å². The Morgan fingerprint density at radius 1 is 1.24 bits per heavy atom. The first kappa shape index (κ1) is 17.0. The van der Waals surface area contributed by atoms with Gasteiger partial charge in [0.1, 0.15) is 0 Å². The topological polar surface area (TPSA) is 24.9 Å². The molecule has 1 N–H and O–H groups in total. The van der Waals surface area contributed by atoms with Crippen LogP contribution < -0.4 is 5.32 Å². The molecule has 0 saturated heterocycles. The standard InChI is InChI=1S/C18H29BrN2/c1-3-5-14-6-7-15(12-20-4-2)16(10-14)11-18-9-8-17(19)13-21-18/h8-9,13-16,20H,3-7,10-12H2,1-2H3. The van der Waals surface area contributed by atoms with Crippen LogP contribution in [0.25, 0.3) is 0 Å². The van der Waals surface area contributed by atoms with Crippen LogP contribution in [-0.4, -0.2) is 18.1 Å². The molecule has 118 valence electrons. The van der Waals surface area contributed by atoms with Gasteiger partial charge in [0.2, 0.25) is 0 Å². The molecule has 3 heteroatoms. The molecule has 0 aliphatic heterocycles. The third-order valence-electron chi connectivity index (χ3n) is 4.86. The first-order valence-corrected chi connectivity index (χ1v) is 9.33. The second-order valence-electron chi connectivity index (χ2n) is 6.47. The van der Waals surface area contributed by atoms with Crippen molar-refractivity contribution in [3.63, 3.8) is 0 Å². The van der Waals surface area contributed by atoms with Gasteiger partial charge in [0.05, 0.1) is 0 Å². The third kappa shape index (κ3) is 5.37. The Hall–Kier alpha value is -0.410. The molecule has 1 aromatic rings. The summed E-state index contributed by atoms with van der Waals surface area (Å²) in [5.74, 6) is 2.56. The minimum absolute atomic E-state index is 0.794. The lowest BCUT2D eigenvalue weighted by atomic mass is 9.71. The monoisotopic (exact) mass is 352 g/mol. The molecule has 1 aromatic heterocycles. The highest BCUT2D eigenvalue weighted by Crippen LogP contribution is 2.37. The predicted octanol–water partition coefficient (Wildman–Crippen LogP) is 4.83. The van der Waals surface area contributed by atoms with Crippen LogP contribution in [0.5, 0.6) is 0 Å². The molecule has 0 spiro atoms. The molecule has 3 unspecified atom stereocenters. The van der Waals surface area contributed by atoms with Gasteiger partial charge in [0.25, 0.3) is 0 Å². The van der Waals surface area contributed by atoms with Crippen molar-refractivity contribution in [2.75, 3.05) is 13.1 Å². The van der Waals surface area contributed by atoms with E-state index in [-0.39, 0.29) is 0 Å². The average Bonchev–Trinajstić information content (AvgIpc) is 2.49. The predicted molar refractivity (Wildman–Crippen MR) is 93.4 cm³/mol. The van der Waals surface area contributed by atoms with Gasteiger partial charge in [-0.25, -0.2) is 0 Å². The second-order valence-corrected chi connectivity index (χ2v) is 7.38. The Balaban J connectivity index is 1.99. The number of hydrogen-bond donors (Lipinski definition) is 1. The van der Waals surface area contributed by atoms with Crippen LogP contribution >= 0.6 is 15.9 Å². The smallest absolute Gasteiger partial charge is 0.0413 e. The molecule has 1 aliphatic carbocycles. The van der Waals surface area contributed by atoms with Crippen LogP contribution in [0.4, 0.5) is 0 Å². The average molecular weight is 353 g/mol. The van der Waals surface area contributed by atoms with E-state index in [0.29, 0.717) is 0 Å². The van der Waals surface area contributed by atoms with E-state index in [9.17, 15) is 0 Å². The van der Waals surface area contributed by atoms with E-state index >= 15 is 0 Å². The van der Waals surface area contributed by atoms with Crippen LogP contribution in [-0.2, 0) is 6.42 Å². The Labute approximate surface area is 138 Å². The minimum Gasteiger partial charge on any atom is -0.317 e. The zero-order chi connectivity index (χ0) is 15.1. The lowest BCUT2D eigenvalue weighted by Gasteiger charge is -2.36. The maximum atomic E-state index is 4.59. The molecule has 1 heterocycles. The number of aromatic nitrogens is 1. The van der Waals surface area contributed by atoms with Gasteiger partial charge in [-0.1, -0.05) is 33.1 Å². The largest absolute Gasteiger partial charge is 0.317 e. The van der Waals surface area contributed by atoms with E-state index in [4.69, 9.17) is 0 Å². The molecular formula is C18H29BrN2. The fraction of sp³-hybridized carbons (Fsp3) is 0.722. The Bertz CT molecular complexity index is 404. The molecule has 3 atom stereocenters. The summed E-state index contributed by atoms with van der Waals surface area (Å²) in [6, 6.07) is 4.30. The van der Waals surface area contributed by atoms with Gasteiger partial charge in [-0.2, -0.15) is 0 Å². The normalized spacial score (nSPS) is 26.0. The highest BCUT2D eigenvalue weighted by molar-refractivity contribution is 9.10. The van der Waals surface area contributed by atoms with Crippen LogP contribution in [0.2, 0.25) is 0 Å². The summed E-state index contributed by atoms with van der Waals surface area (Å²) in [5.41, 5.74) is 1.25. The first-order valence-electron chi connectivity index (χ1n) is 8.54. The van der Waals surface area contributed by atoms with Crippen molar-refractivity contribution in [2.45, 2.75) is 52.4 Å². The molecule has 21 heavy (non-hydrogen) atoms. The fourth-order valence-electron chi connectivity index (χ4n) is 3.74. The number of halogens is 1. The zero-order valence-corrected chi connectivity index (χ0v) is 15.0. The molecule has 0 aromatic carbocycles. The van der Waals surface area contributed by atoms with Crippen molar-refractivity contribution >= 4 is 15.9 Å². The van der Waals surface area contributed by atoms with Crippen LogP contribution in [0.15, 0.2) is 22.8 Å². The van der Waals surface area contributed by atoms with E-state index in [1.165, 1.54) is 44.3 Å². The van der Waals surface area contributed by atoms with Crippen LogP contribution in [0.1, 0.15) is 51.6 Å². The molecular weight excluding hydrogens is 324 g/mol. The van der Waals surface area contributed by atoms with Gasteiger partial charge in [-0.3, -0.25) is 4.98 Å². The molecule has 1 fully saturated rings. The summed E-state index contributed by atoms with van der Waals surface area (Å²) >= 11 is 3.47. The summed E-state index contributed by atoms with van der Waals surface area (Å²) in [5, 5.41) is 3.56. The molecule has 1 saturated carbocycles. The van der Waals surface area contributed by atoms with Gasteiger partial charge < -0.3 is 5.32 Å². The van der Waals surface area contributed by atoms with Crippen LogP contribution in [0, 0.1) is 17.8 Å². The van der Waals surface area contributed by atoms with Crippen molar-refractivity contribution in [1.29, 1.82) is 0 Å². The van der Waals surface area contributed by atoms with Gasteiger partial charge in [-0.05, 0) is 78.2 Å². The third-order valence-corrected chi connectivity index (χ3v) is 5.33. The Morgan fingerprint density at radius 3 is 2.76 bits per heavy atom. The lowest BCUT2D eigenvalue weighted by molar-refractivity contribution is 0.167. The lowest BCUT2D eigenvalue weighted by Crippen LogP contribution is -2.34. The van der Waals surface area contributed by atoms with E-state index in [1.54, 1.807) is 0 Å². The van der Waals surface area contributed by atoms with Crippen molar-refractivity contribution in [3.8, 4) is 0 Å². The zero-order valence-electron chi connectivity index (χ0n) is 13.4. The van der Waals surface area contributed by atoms with Crippen molar-refractivity contribution < 1.29 is 0 Å². The first-order chi connectivity index (χ1) is 10.2. The van der Waals surface area contributed by atoms with Crippen molar-refractivity contribution in [3.05, 3.63) is 28.5 Å². The minimum atomic E-state index is 0.794. The molecule has 2 rings (SSSR count). The summed E-state index contributed by atoms with van der Waals surface area (Å²) < 4.78 is 1.07. The van der Waals surface area contributed by atoms with Crippen LogP contribution in [0.3, 0.4) is 0 Å². The Kier molecular flexibility index (Phi) is 7.18. The van der Waals surface area contributed by atoms with Crippen molar-refractivity contribution in [1.82, 2.24) is 10.3 Å². The number of hydrogen-bond acceptors (Lipinski definition) is 2. The molecule has 0 bridgehead atoms. The highest BCUT2D eigenvalue weighted by atomic mass is 79.9. The van der Waals surface area contributed by atoms with E-state index in [0.717, 1.165) is 35.2 Å². The van der Waals surface area contributed by atoms with Gasteiger partial charge in [0, 0.05) is 16.4 Å². The molecule has 2 nitrogen and oxygen atoms in total. The second kappa shape index (κ2) is 8.89. The summed E-state index contributed by atoms with van der Waals surface area (Å²) in [4.78, 5) is 4.59. The van der Waals surface area contributed by atoms with Crippen molar-refractivity contribution in [2.24, 2.45) is 17.8 Å². The maximum Gasteiger partial charge on any atom is 0.0413 e. The van der Waals surface area contributed by atoms with Gasteiger partial charge >= 0.3 is 0 Å². The molecule has 1 aliphatic rings. The summed E-state index contributed by atoms with van der Waals surface area (Å²) in [6.07, 6.45) is 10.0. The molecule has 0 amide bonds. The number of rotatable bonds is 7. The number of nitrogens with one attached hydrogen (secondary N) is 1. The van der Waals surface area contributed by atoms with E-state index in [2.05, 4.69) is 52.2 Å². The summed E-state index contributed by atoms with van der Waals surface area (Å²) in [6.45, 7) is 6.78. The van der Waals surface area contributed by atoms with Gasteiger partial charge in [0.15, 0.2) is 0 Å². The SMILES string of the molecule is CCCC1CCC(CNCC)C(Cc2ccc(Br)cn2)C1. The van der Waals surface area contributed by atoms with Gasteiger partial charge in [-0.15, -0.1) is 0 Å². The number of nitrogens with zero attached hydrogens (tertiary/aromatic N) is 1. The number of pyridine rings is 1. The summed E-state index contributed by atoms with van der Waals surface area (Å²) in [7, 11) is 0. The fourth-order valence-corrected chi connectivity index (χ4v) is 3.97. The Morgan fingerprint density at radius 2 is 2.10 bits per heavy atom.